The first-order chi connectivity index (χ1) is 12.0. The van der Waals surface area contributed by atoms with Gasteiger partial charge in [-0.25, -0.2) is 4.68 Å². The number of carbonyl (C=O) groups is 2. The largest absolute Gasteiger partial charge is 0.497 e. The van der Waals surface area contributed by atoms with Crippen LogP contribution in [0.1, 0.15) is 24.6 Å². The normalized spacial score (nSPS) is 14.8. The number of anilines is 1. The smallest absolute Gasteiger partial charge is 0.243 e. The van der Waals surface area contributed by atoms with Crippen molar-refractivity contribution in [3.05, 3.63) is 41.6 Å². The minimum Gasteiger partial charge on any atom is -0.497 e. The quantitative estimate of drug-likeness (QED) is 0.896. The number of nitrogens with zero attached hydrogens (tertiary/aromatic N) is 3. The number of nitrogens with one attached hydrogen (secondary N) is 1. The number of methoxy groups -OCH3 is 1. The Morgan fingerprint density at radius 3 is 2.96 bits per heavy atom. The number of hydrogen-bond acceptors (Lipinski definition) is 4. The van der Waals surface area contributed by atoms with Crippen LogP contribution >= 0.6 is 0 Å². The van der Waals surface area contributed by atoms with Crippen LogP contribution in [0.25, 0.3) is 0 Å². The molecule has 0 aliphatic carbocycles. The Hall–Kier alpha value is -2.83. The average Bonchev–Trinajstić information content (AvgIpc) is 2.99. The summed E-state index contributed by atoms with van der Waals surface area (Å²) in [5.41, 5.74) is 1.77. The van der Waals surface area contributed by atoms with Crippen molar-refractivity contribution in [3.63, 3.8) is 0 Å². The molecule has 0 unspecified atom stereocenters. The highest BCUT2D eigenvalue weighted by atomic mass is 16.5. The van der Waals surface area contributed by atoms with Gasteiger partial charge >= 0.3 is 0 Å². The van der Waals surface area contributed by atoms with E-state index in [0.29, 0.717) is 25.3 Å². The van der Waals surface area contributed by atoms with Crippen molar-refractivity contribution in [2.45, 2.75) is 39.4 Å². The minimum atomic E-state index is -0.603. The van der Waals surface area contributed by atoms with E-state index in [-0.39, 0.29) is 11.8 Å². The molecule has 0 spiro atoms. The third-order valence-electron chi connectivity index (χ3n) is 4.30. The fourth-order valence-corrected chi connectivity index (χ4v) is 2.99. The third-order valence-corrected chi connectivity index (χ3v) is 4.30. The molecule has 1 aliphatic heterocycles. The Bertz CT molecular complexity index is 799. The number of benzene rings is 1. The number of amides is 2. The van der Waals surface area contributed by atoms with Crippen molar-refractivity contribution in [1.82, 2.24) is 15.1 Å². The number of rotatable bonds is 5. The molecule has 3 rings (SSSR count). The van der Waals surface area contributed by atoms with Crippen LogP contribution in [0.2, 0.25) is 0 Å². The van der Waals surface area contributed by atoms with E-state index in [1.807, 2.05) is 37.3 Å². The van der Waals surface area contributed by atoms with E-state index in [9.17, 15) is 9.59 Å². The molecule has 2 heterocycles. The predicted octanol–water partition coefficient (Wildman–Crippen LogP) is 1.64. The molecular formula is C18H22N4O3. The summed E-state index contributed by atoms with van der Waals surface area (Å²) in [5.74, 6) is 1.16. The molecule has 2 amide bonds. The maximum Gasteiger partial charge on any atom is 0.243 e. The number of fused-ring (bicyclic) bond motifs is 1. The van der Waals surface area contributed by atoms with Crippen LogP contribution < -0.4 is 15.0 Å². The number of ether oxygens (including phenoxy) is 1. The van der Waals surface area contributed by atoms with Gasteiger partial charge in [-0.05, 0) is 31.5 Å². The predicted molar refractivity (Wildman–Crippen MR) is 93.4 cm³/mol. The molecule has 0 saturated carbocycles. The molecule has 0 saturated heterocycles. The van der Waals surface area contributed by atoms with E-state index in [1.165, 1.54) is 4.90 Å². The Morgan fingerprint density at radius 2 is 2.20 bits per heavy atom. The Balaban J connectivity index is 1.70. The van der Waals surface area contributed by atoms with Crippen LogP contribution in [-0.2, 0) is 22.7 Å². The summed E-state index contributed by atoms with van der Waals surface area (Å²) in [6, 6.07) is 8.74. The summed E-state index contributed by atoms with van der Waals surface area (Å²) >= 11 is 0. The molecule has 132 valence electrons. The van der Waals surface area contributed by atoms with Gasteiger partial charge in [-0.3, -0.25) is 14.5 Å². The molecule has 1 aromatic carbocycles. The molecule has 1 atom stereocenters. The number of aromatic nitrogens is 2. The fourth-order valence-electron chi connectivity index (χ4n) is 2.99. The van der Waals surface area contributed by atoms with Gasteiger partial charge in [0.05, 0.1) is 19.3 Å². The van der Waals surface area contributed by atoms with E-state index in [4.69, 9.17) is 4.74 Å². The Labute approximate surface area is 146 Å². The topological polar surface area (TPSA) is 76.5 Å². The monoisotopic (exact) mass is 342 g/mol. The van der Waals surface area contributed by atoms with Gasteiger partial charge in [0.25, 0.3) is 0 Å². The van der Waals surface area contributed by atoms with Crippen LogP contribution in [-0.4, -0.2) is 34.7 Å². The van der Waals surface area contributed by atoms with E-state index in [1.54, 1.807) is 18.7 Å². The second-order valence-corrected chi connectivity index (χ2v) is 6.13. The first-order valence-corrected chi connectivity index (χ1v) is 8.26. The lowest BCUT2D eigenvalue weighted by Crippen LogP contribution is -2.50. The van der Waals surface area contributed by atoms with Crippen molar-refractivity contribution < 1.29 is 14.3 Å². The summed E-state index contributed by atoms with van der Waals surface area (Å²) < 4.78 is 6.96. The molecule has 0 fully saturated rings. The van der Waals surface area contributed by atoms with Crippen molar-refractivity contribution in [2.75, 3.05) is 12.0 Å². The zero-order valence-corrected chi connectivity index (χ0v) is 14.7. The van der Waals surface area contributed by atoms with Crippen LogP contribution in [0.3, 0.4) is 0 Å². The Morgan fingerprint density at radius 1 is 1.40 bits per heavy atom. The van der Waals surface area contributed by atoms with Crippen LogP contribution in [0.15, 0.2) is 30.3 Å². The standard InChI is InChI=1S/C18H22N4O3/c1-12-9-16-21(20-12)8-7-17(23)22(16)13(2)18(24)19-11-14-5-4-6-15(10-14)25-3/h4-6,9-10,13H,7-8,11H2,1-3H3,(H,19,24)/t13-/m0/s1. The SMILES string of the molecule is COc1cccc(CNC(=O)[C@H](C)N2C(=O)CCn3nc(C)cc32)c1. The van der Waals surface area contributed by atoms with Gasteiger partial charge in [-0.15, -0.1) is 0 Å². The maximum atomic E-state index is 12.6. The second-order valence-electron chi connectivity index (χ2n) is 6.13. The van der Waals surface area contributed by atoms with Gasteiger partial charge in [-0.2, -0.15) is 5.10 Å². The summed E-state index contributed by atoms with van der Waals surface area (Å²) in [6.45, 7) is 4.54. The average molecular weight is 342 g/mol. The maximum absolute atomic E-state index is 12.6. The molecule has 1 aromatic heterocycles. The van der Waals surface area contributed by atoms with Crippen molar-refractivity contribution in [1.29, 1.82) is 0 Å². The highest BCUT2D eigenvalue weighted by Gasteiger charge is 2.32. The van der Waals surface area contributed by atoms with Gasteiger partial charge in [-0.1, -0.05) is 12.1 Å². The lowest BCUT2D eigenvalue weighted by atomic mass is 10.1. The van der Waals surface area contributed by atoms with Gasteiger partial charge in [0.1, 0.15) is 17.6 Å². The van der Waals surface area contributed by atoms with E-state index < -0.39 is 6.04 Å². The van der Waals surface area contributed by atoms with Gasteiger partial charge < -0.3 is 10.1 Å². The molecule has 0 bridgehead atoms. The molecule has 2 aromatic rings. The van der Waals surface area contributed by atoms with E-state index >= 15 is 0 Å². The fraction of sp³-hybridized carbons (Fsp3) is 0.389. The van der Waals surface area contributed by atoms with Crippen molar-refractivity contribution >= 4 is 17.6 Å². The highest BCUT2D eigenvalue weighted by Crippen LogP contribution is 2.24. The lowest BCUT2D eigenvalue weighted by Gasteiger charge is -2.31. The van der Waals surface area contributed by atoms with Gasteiger partial charge in [0.2, 0.25) is 11.8 Å². The molecule has 1 aliphatic rings. The molecule has 1 N–H and O–H groups in total. The first kappa shape index (κ1) is 17.0. The summed E-state index contributed by atoms with van der Waals surface area (Å²) in [6.07, 6.45) is 0.349. The summed E-state index contributed by atoms with van der Waals surface area (Å²) in [4.78, 5) is 26.5. The number of aryl methyl sites for hydroxylation is 2. The molecular weight excluding hydrogens is 320 g/mol. The van der Waals surface area contributed by atoms with Crippen LogP contribution in [0.4, 0.5) is 5.82 Å². The molecule has 7 heteroatoms. The second kappa shape index (κ2) is 6.96. The van der Waals surface area contributed by atoms with Crippen molar-refractivity contribution in [3.8, 4) is 5.75 Å². The summed E-state index contributed by atoms with van der Waals surface area (Å²) in [7, 11) is 1.60. The number of hydrogen-bond donors (Lipinski definition) is 1. The van der Waals surface area contributed by atoms with E-state index in [2.05, 4.69) is 10.4 Å². The summed E-state index contributed by atoms with van der Waals surface area (Å²) in [5, 5.41) is 7.25. The highest BCUT2D eigenvalue weighted by molar-refractivity contribution is 6.00. The first-order valence-electron chi connectivity index (χ1n) is 8.26. The minimum absolute atomic E-state index is 0.0589. The molecule has 7 nitrogen and oxygen atoms in total. The van der Waals surface area contributed by atoms with E-state index in [0.717, 1.165) is 17.0 Å². The van der Waals surface area contributed by atoms with Crippen LogP contribution in [0.5, 0.6) is 5.75 Å². The number of carbonyl (C=O) groups excluding carboxylic acids is 2. The zero-order chi connectivity index (χ0) is 18.0. The van der Waals surface area contributed by atoms with Gasteiger partial charge in [0.15, 0.2) is 0 Å². The molecule has 25 heavy (non-hydrogen) atoms. The van der Waals surface area contributed by atoms with Gasteiger partial charge in [0, 0.05) is 19.0 Å². The zero-order valence-electron chi connectivity index (χ0n) is 14.7. The van der Waals surface area contributed by atoms with Crippen LogP contribution in [0, 0.1) is 6.92 Å². The molecule has 0 radical (unpaired) electrons. The Kier molecular flexibility index (Phi) is 4.74. The lowest BCUT2D eigenvalue weighted by molar-refractivity contribution is -0.126. The van der Waals surface area contributed by atoms with Crippen molar-refractivity contribution in [2.24, 2.45) is 0 Å². The third kappa shape index (κ3) is 3.50.